The molecule has 0 bridgehead atoms. The number of aromatic nitrogens is 3. The number of para-hydroxylation sites is 1. The van der Waals surface area contributed by atoms with Gasteiger partial charge in [-0.15, -0.1) is 5.10 Å². The van der Waals surface area contributed by atoms with Crippen LogP contribution < -0.4 is 10.2 Å². The second kappa shape index (κ2) is 6.51. The number of rotatable bonds is 4. The standard InChI is InChI=1S/C20H21N5/c1-14-7-3-4-9-17(14)12-21-19-13-22-24-20(23-19)25-15(2)11-16-8-5-6-10-18(16)25/h3-10,13,15H,11-12H2,1-2H3,(H,21,23,24). The van der Waals surface area contributed by atoms with E-state index < -0.39 is 0 Å². The largest absolute Gasteiger partial charge is 0.365 e. The summed E-state index contributed by atoms with van der Waals surface area (Å²) in [6.45, 7) is 5.03. The Morgan fingerprint density at radius 2 is 1.92 bits per heavy atom. The van der Waals surface area contributed by atoms with Gasteiger partial charge in [0.05, 0.1) is 6.20 Å². The smallest absolute Gasteiger partial charge is 0.252 e. The highest BCUT2D eigenvalue weighted by molar-refractivity contribution is 5.67. The van der Waals surface area contributed by atoms with Gasteiger partial charge in [0.1, 0.15) is 0 Å². The highest BCUT2D eigenvalue weighted by Gasteiger charge is 2.29. The van der Waals surface area contributed by atoms with Gasteiger partial charge in [0.25, 0.3) is 5.95 Å². The fourth-order valence-electron chi connectivity index (χ4n) is 3.35. The molecule has 4 rings (SSSR count). The minimum atomic E-state index is 0.325. The normalized spacial score (nSPS) is 15.9. The first-order valence-electron chi connectivity index (χ1n) is 8.57. The van der Waals surface area contributed by atoms with Gasteiger partial charge >= 0.3 is 0 Å². The average molecular weight is 331 g/mol. The number of anilines is 3. The van der Waals surface area contributed by atoms with Gasteiger partial charge in [-0.2, -0.15) is 10.1 Å². The molecule has 2 heterocycles. The molecule has 25 heavy (non-hydrogen) atoms. The molecule has 2 aromatic carbocycles. The molecule has 0 spiro atoms. The monoisotopic (exact) mass is 331 g/mol. The second-order valence-electron chi connectivity index (χ2n) is 6.47. The molecule has 0 amide bonds. The maximum Gasteiger partial charge on any atom is 0.252 e. The van der Waals surface area contributed by atoms with Crippen LogP contribution in [0.25, 0.3) is 0 Å². The van der Waals surface area contributed by atoms with Gasteiger partial charge in [-0.1, -0.05) is 42.5 Å². The van der Waals surface area contributed by atoms with Crippen molar-refractivity contribution in [1.29, 1.82) is 0 Å². The Morgan fingerprint density at radius 3 is 2.80 bits per heavy atom. The summed E-state index contributed by atoms with van der Waals surface area (Å²) in [5.41, 5.74) is 5.02. The summed E-state index contributed by atoms with van der Waals surface area (Å²) in [4.78, 5) is 6.86. The van der Waals surface area contributed by atoms with E-state index in [1.165, 1.54) is 22.4 Å². The lowest BCUT2D eigenvalue weighted by molar-refractivity contribution is 0.729. The first kappa shape index (κ1) is 15.6. The van der Waals surface area contributed by atoms with E-state index in [-0.39, 0.29) is 0 Å². The summed E-state index contributed by atoms with van der Waals surface area (Å²) in [5, 5.41) is 11.8. The molecule has 1 aliphatic heterocycles. The van der Waals surface area contributed by atoms with Crippen molar-refractivity contribution < 1.29 is 0 Å². The van der Waals surface area contributed by atoms with Gasteiger partial charge < -0.3 is 10.2 Å². The molecule has 1 aliphatic rings. The van der Waals surface area contributed by atoms with E-state index in [4.69, 9.17) is 0 Å². The third kappa shape index (κ3) is 3.05. The number of hydrogen-bond acceptors (Lipinski definition) is 5. The van der Waals surface area contributed by atoms with Gasteiger partial charge in [-0.25, -0.2) is 0 Å². The molecule has 0 saturated heterocycles. The minimum Gasteiger partial charge on any atom is -0.365 e. The summed E-state index contributed by atoms with van der Waals surface area (Å²) in [6.07, 6.45) is 2.68. The Hall–Kier alpha value is -2.95. The molecule has 0 fully saturated rings. The van der Waals surface area contributed by atoms with Crippen molar-refractivity contribution in [1.82, 2.24) is 15.2 Å². The quantitative estimate of drug-likeness (QED) is 0.786. The molecule has 0 aliphatic carbocycles. The molecule has 5 nitrogen and oxygen atoms in total. The molecular weight excluding hydrogens is 310 g/mol. The Bertz CT molecular complexity index is 893. The van der Waals surface area contributed by atoms with Gasteiger partial charge in [0.15, 0.2) is 5.82 Å². The molecule has 0 saturated carbocycles. The lowest BCUT2D eigenvalue weighted by Gasteiger charge is -2.22. The first-order valence-corrected chi connectivity index (χ1v) is 8.57. The lowest BCUT2D eigenvalue weighted by atomic mass is 10.1. The van der Waals surface area contributed by atoms with Crippen LogP contribution in [0.5, 0.6) is 0 Å². The summed E-state index contributed by atoms with van der Waals surface area (Å²) in [6, 6.07) is 17.1. The summed E-state index contributed by atoms with van der Waals surface area (Å²) in [5.74, 6) is 1.39. The minimum absolute atomic E-state index is 0.325. The highest BCUT2D eigenvalue weighted by Crippen LogP contribution is 2.36. The Kier molecular flexibility index (Phi) is 4.06. The lowest BCUT2D eigenvalue weighted by Crippen LogP contribution is -2.26. The molecule has 5 heteroatoms. The zero-order valence-corrected chi connectivity index (χ0v) is 14.5. The third-order valence-electron chi connectivity index (χ3n) is 4.69. The fraction of sp³-hybridized carbons (Fsp3) is 0.250. The summed E-state index contributed by atoms with van der Waals surface area (Å²) >= 11 is 0. The maximum atomic E-state index is 4.69. The molecule has 1 atom stereocenters. The van der Waals surface area contributed by atoms with Crippen molar-refractivity contribution in [3.63, 3.8) is 0 Å². The Morgan fingerprint density at radius 1 is 1.12 bits per heavy atom. The molecule has 3 aromatic rings. The van der Waals surface area contributed by atoms with Crippen molar-refractivity contribution in [3.8, 4) is 0 Å². The van der Waals surface area contributed by atoms with Gasteiger partial charge in [-0.05, 0) is 43.0 Å². The van der Waals surface area contributed by atoms with E-state index in [1.54, 1.807) is 6.20 Å². The molecule has 1 N–H and O–H groups in total. The SMILES string of the molecule is Cc1ccccc1CNc1cnnc(N2c3ccccc3CC2C)n1. The predicted octanol–water partition coefficient (Wildman–Crippen LogP) is 3.87. The number of benzene rings is 2. The highest BCUT2D eigenvalue weighted by atomic mass is 15.4. The Balaban J connectivity index is 1.57. The molecule has 0 radical (unpaired) electrons. The van der Waals surface area contributed by atoms with E-state index in [0.717, 1.165) is 18.8 Å². The van der Waals surface area contributed by atoms with Crippen molar-refractivity contribution in [2.24, 2.45) is 0 Å². The average Bonchev–Trinajstić information content (AvgIpc) is 2.97. The number of nitrogens with one attached hydrogen (secondary N) is 1. The van der Waals surface area contributed by atoms with E-state index in [9.17, 15) is 0 Å². The van der Waals surface area contributed by atoms with Crippen LogP contribution in [-0.4, -0.2) is 21.2 Å². The van der Waals surface area contributed by atoms with E-state index in [1.807, 2.05) is 0 Å². The number of nitrogens with zero attached hydrogens (tertiary/aromatic N) is 4. The maximum absolute atomic E-state index is 4.69. The van der Waals surface area contributed by atoms with Crippen molar-refractivity contribution in [2.75, 3.05) is 10.2 Å². The van der Waals surface area contributed by atoms with Gasteiger partial charge in [-0.3, -0.25) is 0 Å². The van der Waals surface area contributed by atoms with E-state index in [2.05, 4.69) is 87.8 Å². The second-order valence-corrected chi connectivity index (χ2v) is 6.47. The van der Waals surface area contributed by atoms with Crippen LogP contribution in [0.15, 0.2) is 54.7 Å². The zero-order valence-electron chi connectivity index (χ0n) is 14.5. The van der Waals surface area contributed by atoms with Crippen LogP contribution in [0, 0.1) is 6.92 Å². The third-order valence-corrected chi connectivity index (χ3v) is 4.69. The topological polar surface area (TPSA) is 53.9 Å². The van der Waals surface area contributed by atoms with Crippen LogP contribution in [0.4, 0.5) is 17.5 Å². The molecule has 126 valence electrons. The number of fused-ring (bicyclic) bond motifs is 1. The van der Waals surface area contributed by atoms with Crippen molar-refractivity contribution >= 4 is 17.5 Å². The van der Waals surface area contributed by atoms with Crippen LogP contribution in [0.2, 0.25) is 0 Å². The van der Waals surface area contributed by atoms with E-state index >= 15 is 0 Å². The van der Waals surface area contributed by atoms with Crippen LogP contribution >= 0.6 is 0 Å². The van der Waals surface area contributed by atoms with Gasteiger partial charge in [0, 0.05) is 18.3 Å². The van der Waals surface area contributed by atoms with Crippen LogP contribution in [-0.2, 0) is 13.0 Å². The van der Waals surface area contributed by atoms with E-state index in [0.29, 0.717) is 12.0 Å². The Labute approximate surface area is 147 Å². The molecular formula is C20H21N5. The number of aryl methyl sites for hydroxylation is 1. The summed E-state index contributed by atoms with van der Waals surface area (Å²) in [7, 11) is 0. The van der Waals surface area contributed by atoms with Gasteiger partial charge in [0.2, 0.25) is 0 Å². The predicted molar refractivity (Wildman–Crippen MR) is 100 cm³/mol. The van der Waals surface area contributed by atoms with Crippen molar-refractivity contribution in [2.45, 2.75) is 32.9 Å². The zero-order chi connectivity index (χ0) is 17.2. The van der Waals surface area contributed by atoms with Crippen molar-refractivity contribution in [3.05, 3.63) is 71.4 Å². The summed E-state index contributed by atoms with van der Waals surface area (Å²) < 4.78 is 0. The number of hydrogen-bond donors (Lipinski definition) is 1. The molecule has 1 unspecified atom stereocenters. The van der Waals surface area contributed by atoms with Crippen LogP contribution in [0.3, 0.4) is 0 Å². The first-order chi connectivity index (χ1) is 12.2. The van der Waals surface area contributed by atoms with Crippen LogP contribution in [0.1, 0.15) is 23.6 Å². The molecule has 1 aromatic heterocycles. The fourth-order valence-corrected chi connectivity index (χ4v) is 3.35.